The van der Waals surface area contributed by atoms with Gasteiger partial charge in [-0.25, -0.2) is 4.79 Å². The number of carbonyl (C=O) groups is 2. The van der Waals surface area contributed by atoms with Gasteiger partial charge in [0.15, 0.2) is 10.2 Å². The van der Waals surface area contributed by atoms with E-state index in [9.17, 15) is 19.2 Å². The molecule has 0 spiro atoms. The van der Waals surface area contributed by atoms with Crippen LogP contribution in [0.15, 0.2) is 20.9 Å². The van der Waals surface area contributed by atoms with Gasteiger partial charge >= 0.3 is 14.3 Å². The second-order valence-electron chi connectivity index (χ2n) is 6.98. The Hall–Kier alpha value is -1.70. The minimum absolute atomic E-state index is 0.0389. The molecule has 34 heavy (non-hydrogen) atoms. The lowest BCUT2D eigenvalue weighted by Crippen LogP contribution is -2.33. The maximum Gasteiger partial charge on any atom is 0.332 e. The van der Waals surface area contributed by atoms with E-state index in [0.29, 0.717) is 17.1 Å². The van der Waals surface area contributed by atoms with Crippen molar-refractivity contribution in [3.05, 3.63) is 43.0 Å². The lowest BCUT2D eigenvalue weighted by molar-refractivity contribution is -0.109. The normalized spacial score (nSPS) is 19.8. The molecule has 0 amide bonds. The number of H-pyrrole nitrogens is 1. The molecule has 1 fully saturated rings. The van der Waals surface area contributed by atoms with Gasteiger partial charge in [-0.15, -0.1) is 0 Å². The van der Waals surface area contributed by atoms with E-state index in [1.165, 1.54) is 24.6 Å². The number of azide groups is 1. The molecule has 13 nitrogen and oxygen atoms in total. The number of aromatic amines is 1. The molecule has 0 radical (unpaired) electrons. The first-order chi connectivity index (χ1) is 16.2. The molecule has 188 valence electrons. The van der Waals surface area contributed by atoms with Gasteiger partial charge in [0, 0.05) is 48.4 Å². The van der Waals surface area contributed by atoms with Crippen molar-refractivity contribution in [3.63, 3.8) is 0 Å². The van der Waals surface area contributed by atoms with Crippen molar-refractivity contribution in [1.82, 2.24) is 9.55 Å². The van der Waals surface area contributed by atoms with Crippen LogP contribution in [-0.2, 0) is 27.9 Å². The number of thioether (sulfide) groups is 2. The fourth-order valence-electron chi connectivity index (χ4n) is 2.86. The third-order valence-electron chi connectivity index (χ3n) is 4.38. The molecule has 1 aromatic rings. The number of hydrogen-bond donors (Lipinski definition) is 1. The summed E-state index contributed by atoms with van der Waals surface area (Å²) < 4.78 is 24.1. The van der Waals surface area contributed by atoms with Crippen molar-refractivity contribution in [1.29, 1.82) is 0 Å². The molecule has 3 atom stereocenters. The van der Waals surface area contributed by atoms with Crippen molar-refractivity contribution in [2.75, 3.05) is 31.3 Å². The zero-order valence-electron chi connectivity index (χ0n) is 18.9. The highest BCUT2D eigenvalue weighted by Crippen LogP contribution is 2.41. The van der Waals surface area contributed by atoms with Crippen LogP contribution >= 0.6 is 32.1 Å². The largest absolute Gasteiger partial charge is 0.352 e. The van der Waals surface area contributed by atoms with Crippen LogP contribution in [0, 0.1) is 6.92 Å². The zero-order valence-corrected chi connectivity index (χ0v) is 21.4. The Kier molecular flexibility index (Phi) is 12.3. The molecule has 1 saturated heterocycles. The van der Waals surface area contributed by atoms with E-state index in [1.807, 2.05) is 0 Å². The SMILES string of the molecule is CC(=O)SCCOP(OCCSC(C)=O)OC[C@H]1O[C@@H](n2cc(C)c(=O)[nH]c2=O)C[C@@H]1N=[N+]=[N-]. The van der Waals surface area contributed by atoms with Gasteiger partial charge in [0.05, 0.1) is 32.0 Å². The number of hydrogen-bond acceptors (Lipinski definition) is 11. The third kappa shape index (κ3) is 9.51. The molecule has 0 bridgehead atoms. The Morgan fingerprint density at radius 2 is 1.85 bits per heavy atom. The van der Waals surface area contributed by atoms with E-state index in [4.69, 9.17) is 23.8 Å². The van der Waals surface area contributed by atoms with Crippen molar-refractivity contribution < 1.29 is 27.9 Å². The van der Waals surface area contributed by atoms with Crippen molar-refractivity contribution in [2.24, 2.45) is 5.11 Å². The standard InChI is InChI=1S/C18H26N5O8PS2/c1-11-9-23(18(27)20-17(11)26)16-8-14(21-22-19)15(31-16)10-30-32(28-4-6-33-12(2)24)29-5-7-34-13(3)25/h9,14-16H,4-8,10H2,1-3H3,(H,20,26,27)/t14-,15+,16+/m0/s1. The van der Waals surface area contributed by atoms with Crippen LogP contribution in [0.25, 0.3) is 10.4 Å². The summed E-state index contributed by atoms with van der Waals surface area (Å²) in [4.78, 5) is 51.1. The maximum atomic E-state index is 12.2. The Bertz CT molecular complexity index is 993. The third-order valence-corrected chi connectivity index (χ3v) is 7.08. The first-order valence-corrected chi connectivity index (χ1v) is 13.2. The Morgan fingerprint density at radius 1 is 1.24 bits per heavy atom. The summed E-state index contributed by atoms with van der Waals surface area (Å²) in [6, 6.07) is -0.632. The van der Waals surface area contributed by atoms with Crippen LogP contribution in [0.1, 0.15) is 32.1 Å². The monoisotopic (exact) mass is 535 g/mol. The van der Waals surface area contributed by atoms with E-state index < -0.39 is 38.2 Å². The van der Waals surface area contributed by atoms with E-state index in [2.05, 4.69) is 15.0 Å². The molecule has 2 rings (SSSR count). The molecule has 0 unspecified atom stereocenters. The summed E-state index contributed by atoms with van der Waals surface area (Å²) in [6.45, 7) is 4.83. The Balaban J connectivity index is 2.01. The zero-order chi connectivity index (χ0) is 25.1. The van der Waals surface area contributed by atoms with Gasteiger partial charge in [0.1, 0.15) is 6.23 Å². The van der Waals surface area contributed by atoms with E-state index in [0.717, 1.165) is 23.5 Å². The summed E-state index contributed by atoms with van der Waals surface area (Å²) in [7, 11) is -1.83. The van der Waals surface area contributed by atoms with Crippen molar-refractivity contribution in [2.45, 2.75) is 45.6 Å². The highest BCUT2D eigenvalue weighted by Gasteiger charge is 2.37. The van der Waals surface area contributed by atoms with Gasteiger partial charge < -0.3 is 18.3 Å². The average molecular weight is 536 g/mol. The first kappa shape index (κ1) is 28.5. The van der Waals surface area contributed by atoms with Crippen LogP contribution < -0.4 is 11.2 Å². The molecule has 0 saturated carbocycles. The number of aryl methyl sites for hydroxylation is 1. The number of nitrogens with one attached hydrogen (secondary N) is 1. The molecule has 0 aliphatic carbocycles. The molecule has 1 aromatic heterocycles. The average Bonchev–Trinajstić information content (AvgIpc) is 3.16. The van der Waals surface area contributed by atoms with Crippen molar-refractivity contribution >= 4 is 42.4 Å². The summed E-state index contributed by atoms with van der Waals surface area (Å²) >= 11 is 2.21. The van der Waals surface area contributed by atoms with Gasteiger partial charge in [0.25, 0.3) is 5.56 Å². The van der Waals surface area contributed by atoms with Gasteiger partial charge in [-0.2, -0.15) is 0 Å². The number of rotatable bonds is 13. The molecule has 1 aliphatic heterocycles. The van der Waals surface area contributed by atoms with E-state index in [1.54, 1.807) is 6.92 Å². The molecule has 1 N–H and O–H groups in total. The van der Waals surface area contributed by atoms with E-state index in [-0.39, 0.29) is 36.5 Å². The topological polar surface area (TPSA) is 175 Å². The van der Waals surface area contributed by atoms with Crippen LogP contribution in [0.5, 0.6) is 0 Å². The minimum Gasteiger partial charge on any atom is -0.352 e. The second-order valence-corrected chi connectivity index (χ2v) is 10.7. The van der Waals surface area contributed by atoms with Crippen LogP contribution in [0.2, 0.25) is 0 Å². The van der Waals surface area contributed by atoms with Crippen molar-refractivity contribution in [3.8, 4) is 0 Å². The predicted octanol–water partition coefficient (Wildman–Crippen LogP) is 2.65. The summed E-state index contributed by atoms with van der Waals surface area (Å²) in [5.74, 6) is 0.835. The minimum atomic E-state index is -1.83. The molecular weight excluding hydrogens is 509 g/mol. The lowest BCUT2D eigenvalue weighted by atomic mass is 10.1. The molecule has 16 heteroatoms. The van der Waals surface area contributed by atoms with E-state index >= 15 is 0 Å². The highest BCUT2D eigenvalue weighted by atomic mass is 32.2. The molecule has 0 aromatic carbocycles. The van der Waals surface area contributed by atoms with Gasteiger partial charge in [-0.3, -0.25) is 23.9 Å². The second kappa shape index (κ2) is 14.6. The summed E-state index contributed by atoms with van der Waals surface area (Å²) in [6.07, 6.45) is 0.128. The number of nitrogens with zero attached hydrogens (tertiary/aromatic N) is 4. The molecule has 2 heterocycles. The Labute approximate surface area is 204 Å². The molecular formula is C18H26N5O8PS2. The summed E-state index contributed by atoms with van der Waals surface area (Å²) in [5, 5.41) is 3.67. The van der Waals surface area contributed by atoms with Gasteiger partial charge in [-0.1, -0.05) is 28.6 Å². The quantitative estimate of drug-likeness (QED) is 0.130. The fraction of sp³-hybridized carbons (Fsp3) is 0.667. The summed E-state index contributed by atoms with van der Waals surface area (Å²) in [5.41, 5.74) is 8.14. The Morgan fingerprint density at radius 3 is 2.41 bits per heavy atom. The lowest BCUT2D eigenvalue weighted by Gasteiger charge is -2.20. The van der Waals surface area contributed by atoms with Crippen LogP contribution in [0.4, 0.5) is 0 Å². The van der Waals surface area contributed by atoms with Crippen LogP contribution in [-0.4, -0.2) is 63.3 Å². The highest BCUT2D eigenvalue weighted by molar-refractivity contribution is 8.13. The maximum absolute atomic E-state index is 12.2. The number of ether oxygens (including phenoxy) is 1. The van der Waals surface area contributed by atoms with Gasteiger partial charge in [0.2, 0.25) is 0 Å². The predicted molar refractivity (Wildman–Crippen MR) is 129 cm³/mol. The fourth-order valence-corrected chi connectivity index (χ4v) is 4.99. The van der Waals surface area contributed by atoms with Crippen LogP contribution in [0.3, 0.4) is 0 Å². The number of aromatic nitrogens is 2. The molecule has 1 aliphatic rings. The first-order valence-electron chi connectivity index (χ1n) is 10.2. The number of carbonyl (C=O) groups excluding carboxylic acids is 2. The van der Waals surface area contributed by atoms with Gasteiger partial charge in [-0.05, 0) is 12.5 Å². The smallest absolute Gasteiger partial charge is 0.332 e.